The van der Waals surface area contributed by atoms with E-state index in [9.17, 15) is 0 Å². The average Bonchev–Trinajstić information content (AvgIpc) is 1.98. The second-order valence-corrected chi connectivity index (χ2v) is 1.98. The molecule has 2 nitrogen and oxygen atoms in total. The lowest BCUT2D eigenvalue weighted by Crippen LogP contribution is -2.24. The van der Waals surface area contributed by atoms with Gasteiger partial charge < -0.3 is 0 Å². The van der Waals surface area contributed by atoms with Gasteiger partial charge in [-0.1, -0.05) is 6.92 Å². The summed E-state index contributed by atoms with van der Waals surface area (Å²) in [5.41, 5.74) is 0. The van der Waals surface area contributed by atoms with E-state index in [-0.39, 0.29) is 0 Å². The molecule has 0 spiro atoms. The molecular weight excluding hydrogens is 124 g/mol. The molecule has 0 radical (unpaired) electrons. The van der Waals surface area contributed by atoms with Gasteiger partial charge in [-0.05, 0) is 6.54 Å². The second-order valence-electron chi connectivity index (χ2n) is 1.98. The van der Waals surface area contributed by atoms with Crippen molar-refractivity contribution >= 4 is 0 Å². The summed E-state index contributed by atoms with van der Waals surface area (Å²) in [6.07, 6.45) is 5.80. The highest BCUT2D eigenvalue weighted by molar-refractivity contribution is 4.86. The Morgan fingerprint density at radius 2 is 2.30 bits per heavy atom. The number of hydrogen-bond acceptors (Lipinski definition) is 2. The lowest BCUT2D eigenvalue weighted by atomic mass is 10.4. The lowest BCUT2D eigenvalue weighted by Gasteiger charge is -2.13. The van der Waals surface area contributed by atoms with E-state index in [4.69, 9.17) is 11.7 Å². The van der Waals surface area contributed by atoms with Gasteiger partial charge in [-0.15, -0.1) is 12.3 Å². The molecule has 0 N–H and O–H groups in total. The molecule has 0 aromatic carbocycles. The molecule has 0 aromatic heterocycles. The maximum Gasteiger partial charge on any atom is 0.0866 e. The van der Waals surface area contributed by atoms with Crippen molar-refractivity contribution in [2.75, 3.05) is 19.6 Å². The smallest absolute Gasteiger partial charge is 0.0866 e. The molecule has 0 unspecified atom stereocenters. The monoisotopic (exact) mass is 136 g/mol. The number of hydrogen-bond donors (Lipinski definition) is 0. The van der Waals surface area contributed by atoms with Crippen LogP contribution in [0.25, 0.3) is 0 Å². The third-order valence-corrected chi connectivity index (χ3v) is 1.31. The highest BCUT2D eigenvalue weighted by Gasteiger charge is 1.97. The SMILES string of the molecule is C#CCCN(CC)CC#N. The second kappa shape index (κ2) is 6.13. The number of terminal acetylenes is 1. The molecule has 10 heavy (non-hydrogen) atoms. The first kappa shape index (κ1) is 9.01. The van der Waals surface area contributed by atoms with E-state index in [1.807, 2.05) is 11.8 Å². The van der Waals surface area contributed by atoms with Crippen molar-refractivity contribution < 1.29 is 0 Å². The molecule has 0 aliphatic rings. The summed E-state index contributed by atoms with van der Waals surface area (Å²) in [6.45, 7) is 4.24. The van der Waals surface area contributed by atoms with Crippen LogP contribution in [0.15, 0.2) is 0 Å². The quantitative estimate of drug-likeness (QED) is 0.423. The van der Waals surface area contributed by atoms with Crippen LogP contribution in [0, 0.1) is 23.7 Å². The predicted octanol–water partition coefficient (Wildman–Crippen LogP) is 0.855. The molecule has 0 aliphatic heterocycles. The Hall–Kier alpha value is -0.990. The number of nitriles is 1. The van der Waals surface area contributed by atoms with E-state index in [0.29, 0.717) is 6.54 Å². The van der Waals surface area contributed by atoms with Crippen molar-refractivity contribution in [3.8, 4) is 18.4 Å². The molecule has 0 amide bonds. The molecule has 0 bridgehead atoms. The van der Waals surface area contributed by atoms with Crippen molar-refractivity contribution in [1.82, 2.24) is 4.90 Å². The van der Waals surface area contributed by atoms with E-state index >= 15 is 0 Å². The maximum absolute atomic E-state index is 8.32. The zero-order chi connectivity index (χ0) is 7.82. The number of rotatable bonds is 4. The Morgan fingerprint density at radius 3 is 2.70 bits per heavy atom. The summed E-state index contributed by atoms with van der Waals surface area (Å²) < 4.78 is 0. The normalized spacial score (nSPS) is 8.80. The summed E-state index contributed by atoms with van der Waals surface area (Å²) in [5.74, 6) is 2.54. The van der Waals surface area contributed by atoms with Crippen LogP contribution in [0.4, 0.5) is 0 Å². The van der Waals surface area contributed by atoms with E-state index in [0.717, 1.165) is 19.5 Å². The summed E-state index contributed by atoms with van der Waals surface area (Å²) in [6, 6.07) is 2.08. The van der Waals surface area contributed by atoms with Gasteiger partial charge >= 0.3 is 0 Å². The highest BCUT2D eigenvalue weighted by Crippen LogP contribution is 1.87. The lowest BCUT2D eigenvalue weighted by molar-refractivity contribution is 0.331. The molecule has 2 heteroatoms. The van der Waals surface area contributed by atoms with Gasteiger partial charge in [0.25, 0.3) is 0 Å². The van der Waals surface area contributed by atoms with Crippen molar-refractivity contribution in [3.63, 3.8) is 0 Å². The van der Waals surface area contributed by atoms with E-state index < -0.39 is 0 Å². The van der Waals surface area contributed by atoms with Crippen LogP contribution in [0.5, 0.6) is 0 Å². The Labute approximate surface area is 62.4 Å². The van der Waals surface area contributed by atoms with Crippen LogP contribution < -0.4 is 0 Å². The molecule has 0 aliphatic carbocycles. The Bertz CT molecular complexity index is 150. The van der Waals surface area contributed by atoms with Crippen molar-refractivity contribution in [2.24, 2.45) is 0 Å². The largest absolute Gasteiger partial charge is 0.290 e. The average molecular weight is 136 g/mol. The van der Waals surface area contributed by atoms with Gasteiger partial charge in [0.2, 0.25) is 0 Å². The summed E-state index contributed by atoms with van der Waals surface area (Å²) >= 11 is 0. The first-order valence-electron chi connectivity index (χ1n) is 3.38. The first-order valence-corrected chi connectivity index (χ1v) is 3.38. The van der Waals surface area contributed by atoms with Crippen molar-refractivity contribution in [1.29, 1.82) is 5.26 Å². The molecule has 0 saturated carbocycles. The predicted molar refractivity (Wildman–Crippen MR) is 41.2 cm³/mol. The van der Waals surface area contributed by atoms with Crippen LogP contribution >= 0.6 is 0 Å². The molecule has 0 heterocycles. The molecule has 0 rings (SSSR count). The summed E-state index contributed by atoms with van der Waals surface area (Å²) in [7, 11) is 0. The zero-order valence-corrected chi connectivity index (χ0v) is 6.30. The van der Waals surface area contributed by atoms with Crippen molar-refractivity contribution in [2.45, 2.75) is 13.3 Å². The minimum Gasteiger partial charge on any atom is -0.290 e. The van der Waals surface area contributed by atoms with Gasteiger partial charge in [0.1, 0.15) is 0 Å². The molecule has 0 fully saturated rings. The van der Waals surface area contributed by atoms with Gasteiger partial charge in [0, 0.05) is 13.0 Å². The molecule has 0 atom stereocenters. The van der Waals surface area contributed by atoms with Gasteiger partial charge in [-0.25, -0.2) is 0 Å². The fraction of sp³-hybridized carbons (Fsp3) is 0.625. The van der Waals surface area contributed by atoms with Crippen LogP contribution in [-0.2, 0) is 0 Å². The van der Waals surface area contributed by atoms with Gasteiger partial charge in [0.15, 0.2) is 0 Å². The minimum absolute atomic E-state index is 0.484. The first-order chi connectivity index (χ1) is 4.85. The van der Waals surface area contributed by atoms with Gasteiger partial charge in [-0.2, -0.15) is 5.26 Å². The van der Waals surface area contributed by atoms with Crippen LogP contribution in [0.2, 0.25) is 0 Å². The fourth-order valence-electron chi connectivity index (χ4n) is 0.672. The molecule has 0 aromatic rings. The van der Waals surface area contributed by atoms with E-state index in [1.54, 1.807) is 0 Å². The minimum atomic E-state index is 0.484. The Kier molecular flexibility index (Phi) is 5.53. The molecule has 0 saturated heterocycles. The zero-order valence-electron chi connectivity index (χ0n) is 6.30. The standard InChI is InChI=1S/C8H12N2/c1-3-5-7-10(4-2)8-6-9/h1H,4-5,7-8H2,2H3. The van der Waals surface area contributed by atoms with Gasteiger partial charge in [-0.3, -0.25) is 4.90 Å². The fourth-order valence-corrected chi connectivity index (χ4v) is 0.672. The van der Waals surface area contributed by atoms with E-state index in [2.05, 4.69) is 12.0 Å². The van der Waals surface area contributed by atoms with Crippen LogP contribution in [-0.4, -0.2) is 24.5 Å². The molecular formula is C8H12N2. The van der Waals surface area contributed by atoms with E-state index in [1.165, 1.54) is 0 Å². The maximum atomic E-state index is 8.32. The summed E-state index contributed by atoms with van der Waals surface area (Å²) in [5, 5.41) is 8.32. The number of nitrogens with zero attached hydrogens (tertiary/aromatic N) is 2. The van der Waals surface area contributed by atoms with Crippen LogP contribution in [0.1, 0.15) is 13.3 Å². The highest BCUT2D eigenvalue weighted by atomic mass is 15.1. The third kappa shape index (κ3) is 3.95. The third-order valence-electron chi connectivity index (χ3n) is 1.31. The molecule has 54 valence electrons. The topological polar surface area (TPSA) is 27.0 Å². The van der Waals surface area contributed by atoms with Gasteiger partial charge in [0.05, 0.1) is 12.6 Å². The Morgan fingerprint density at radius 1 is 1.60 bits per heavy atom. The summed E-state index contributed by atoms with van der Waals surface area (Å²) in [4.78, 5) is 2.01. The van der Waals surface area contributed by atoms with Crippen LogP contribution in [0.3, 0.4) is 0 Å². The van der Waals surface area contributed by atoms with Crippen molar-refractivity contribution in [3.05, 3.63) is 0 Å². The Balaban J connectivity index is 3.44.